The van der Waals surface area contributed by atoms with Crippen LogP contribution in [0.4, 0.5) is 0 Å². The quantitative estimate of drug-likeness (QED) is 0.769. The minimum absolute atomic E-state index is 0.0645. The third-order valence-electron chi connectivity index (χ3n) is 6.06. The monoisotopic (exact) mass is 391 g/mol. The third kappa shape index (κ3) is 3.75. The smallest absolute Gasteiger partial charge is 0.326 e. The van der Waals surface area contributed by atoms with Crippen molar-refractivity contribution in [2.45, 2.75) is 57.0 Å². The molecular weight excluding hydrogens is 362 g/mol. The van der Waals surface area contributed by atoms with E-state index in [-0.39, 0.29) is 18.4 Å². The lowest BCUT2D eigenvalue weighted by Crippen LogP contribution is -2.46. The Kier molecular flexibility index (Phi) is 6.31. The van der Waals surface area contributed by atoms with Crippen LogP contribution in [0.5, 0.6) is 17.2 Å². The highest BCUT2D eigenvalue weighted by Gasteiger charge is 2.47. The fourth-order valence-electron chi connectivity index (χ4n) is 4.77. The van der Waals surface area contributed by atoms with E-state index in [1.54, 1.807) is 32.3 Å². The number of benzene rings is 1. The third-order valence-corrected chi connectivity index (χ3v) is 6.06. The van der Waals surface area contributed by atoms with Crippen LogP contribution >= 0.6 is 0 Å². The molecule has 28 heavy (non-hydrogen) atoms. The number of amides is 1. The zero-order valence-corrected chi connectivity index (χ0v) is 16.8. The normalized spacial score (nSPS) is 23.8. The number of carboxylic acid groups (broad SMARTS) is 1. The van der Waals surface area contributed by atoms with Gasteiger partial charge in [-0.25, -0.2) is 4.79 Å². The van der Waals surface area contributed by atoms with E-state index in [1.165, 1.54) is 0 Å². The summed E-state index contributed by atoms with van der Waals surface area (Å²) in [7, 11) is 4.65. The standard InChI is InChI=1S/C21H29NO6/c1-26-17-10-8-13(19(27-2)20(17)28-3)9-11-18(23)22-15-7-5-4-6-14(15)12-16(22)21(24)25/h8,10,14-16H,4-7,9,11-12H2,1-3H3,(H,24,25)/t14-,15+,16-/m0/s1. The van der Waals surface area contributed by atoms with Gasteiger partial charge in [0.25, 0.3) is 0 Å². The molecule has 1 aliphatic carbocycles. The van der Waals surface area contributed by atoms with Gasteiger partial charge in [-0.15, -0.1) is 0 Å². The second kappa shape index (κ2) is 8.71. The molecule has 3 atom stereocenters. The van der Waals surface area contributed by atoms with Gasteiger partial charge in [0.15, 0.2) is 11.5 Å². The number of ether oxygens (including phenoxy) is 3. The van der Waals surface area contributed by atoms with Crippen molar-refractivity contribution in [3.8, 4) is 17.2 Å². The molecule has 1 saturated heterocycles. The molecular formula is C21H29NO6. The van der Waals surface area contributed by atoms with Gasteiger partial charge in [-0.1, -0.05) is 18.9 Å². The summed E-state index contributed by atoms with van der Waals surface area (Å²) in [6.45, 7) is 0. The van der Waals surface area contributed by atoms with Crippen LogP contribution < -0.4 is 14.2 Å². The second-order valence-corrected chi connectivity index (χ2v) is 7.50. The molecule has 1 aromatic rings. The first kappa shape index (κ1) is 20.3. The van der Waals surface area contributed by atoms with Crippen molar-refractivity contribution in [3.05, 3.63) is 17.7 Å². The van der Waals surface area contributed by atoms with Crippen molar-refractivity contribution >= 4 is 11.9 Å². The average Bonchev–Trinajstić information content (AvgIpc) is 3.11. The maximum atomic E-state index is 13.0. The Morgan fingerprint density at radius 1 is 1.07 bits per heavy atom. The van der Waals surface area contributed by atoms with Gasteiger partial charge in [-0.05, 0) is 43.2 Å². The Hall–Kier alpha value is -2.44. The number of likely N-dealkylation sites (tertiary alicyclic amines) is 1. The van der Waals surface area contributed by atoms with E-state index in [2.05, 4.69) is 0 Å². The SMILES string of the molecule is COc1ccc(CCC(=O)N2[C@@H]3CCCC[C@H]3C[C@H]2C(=O)O)c(OC)c1OC. The van der Waals surface area contributed by atoms with Crippen LogP contribution in [0, 0.1) is 5.92 Å². The summed E-state index contributed by atoms with van der Waals surface area (Å²) in [6.07, 6.45) is 5.35. The van der Waals surface area contributed by atoms with Gasteiger partial charge in [-0.2, -0.15) is 0 Å². The summed E-state index contributed by atoms with van der Waals surface area (Å²) in [5.74, 6) is 0.915. The van der Waals surface area contributed by atoms with Crippen LogP contribution in [0.3, 0.4) is 0 Å². The van der Waals surface area contributed by atoms with Gasteiger partial charge in [0.2, 0.25) is 11.7 Å². The summed E-state index contributed by atoms with van der Waals surface area (Å²) < 4.78 is 16.2. The Morgan fingerprint density at radius 3 is 2.43 bits per heavy atom. The number of hydrogen-bond acceptors (Lipinski definition) is 5. The van der Waals surface area contributed by atoms with Gasteiger partial charge in [0, 0.05) is 12.5 Å². The zero-order valence-electron chi connectivity index (χ0n) is 16.8. The Labute approximate surface area is 165 Å². The molecule has 1 saturated carbocycles. The van der Waals surface area contributed by atoms with E-state index in [0.29, 0.717) is 36.0 Å². The summed E-state index contributed by atoms with van der Waals surface area (Å²) >= 11 is 0. The van der Waals surface area contributed by atoms with Crippen LogP contribution in [0.2, 0.25) is 0 Å². The van der Waals surface area contributed by atoms with Crippen molar-refractivity contribution in [2.75, 3.05) is 21.3 Å². The van der Waals surface area contributed by atoms with Crippen LogP contribution in [0.25, 0.3) is 0 Å². The van der Waals surface area contributed by atoms with E-state index in [0.717, 1.165) is 31.2 Å². The molecule has 7 nitrogen and oxygen atoms in total. The highest BCUT2D eigenvalue weighted by Crippen LogP contribution is 2.42. The van der Waals surface area contributed by atoms with Gasteiger partial charge in [-0.3, -0.25) is 4.79 Å². The molecule has 0 radical (unpaired) electrons. The van der Waals surface area contributed by atoms with Crippen LogP contribution in [0.1, 0.15) is 44.1 Å². The molecule has 0 aromatic heterocycles. The van der Waals surface area contributed by atoms with Gasteiger partial charge < -0.3 is 24.2 Å². The number of methoxy groups -OCH3 is 3. The first-order valence-corrected chi connectivity index (χ1v) is 9.83. The first-order chi connectivity index (χ1) is 13.5. The topological polar surface area (TPSA) is 85.3 Å². The predicted octanol–water partition coefficient (Wildman–Crippen LogP) is 2.89. The molecule has 1 N–H and O–H groups in total. The van der Waals surface area contributed by atoms with Gasteiger partial charge >= 0.3 is 5.97 Å². The van der Waals surface area contributed by atoms with Crippen molar-refractivity contribution in [1.29, 1.82) is 0 Å². The van der Waals surface area contributed by atoms with E-state index in [1.807, 2.05) is 6.07 Å². The van der Waals surface area contributed by atoms with E-state index in [4.69, 9.17) is 14.2 Å². The van der Waals surface area contributed by atoms with Crippen LogP contribution in [-0.4, -0.2) is 55.3 Å². The summed E-state index contributed by atoms with van der Waals surface area (Å²) in [4.78, 5) is 26.4. The summed E-state index contributed by atoms with van der Waals surface area (Å²) in [5.41, 5.74) is 0.833. The first-order valence-electron chi connectivity index (χ1n) is 9.83. The lowest BCUT2D eigenvalue weighted by molar-refractivity contribution is -0.149. The molecule has 0 bridgehead atoms. The van der Waals surface area contributed by atoms with Crippen molar-refractivity contribution in [2.24, 2.45) is 5.92 Å². The predicted molar refractivity (Wildman–Crippen MR) is 103 cm³/mol. The molecule has 2 aliphatic rings. The van der Waals surface area contributed by atoms with E-state index >= 15 is 0 Å². The number of carbonyl (C=O) groups excluding carboxylic acids is 1. The van der Waals surface area contributed by atoms with Gasteiger partial charge in [0.1, 0.15) is 6.04 Å². The van der Waals surface area contributed by atoms with Crippen LogP contribution in [0.15, 0.2) is 12.1 Å². The minimum atomic E-state index is -0.897. The molecule has 154 valence electrons. The van der Waals surface area contributed by atoms with Gasteiger partial charge in [0.05, 0.1) is 21.3 Å². The summed E-state index contributed by atoms with van der Waals surface area (Å²) in [6, 6.07) is 3.01. The molecule has 0 unspecified atom stereocenters. The Morgan fingerprint density at radius 2 is 1.79 bits per heavy atom. The molecule has 1 amide bonds. The molecule has 2 fully saturated rings. The number of carbonyl (C=O) groups is 2. The lowest BCUT2D eigenvalue weighted by Gasteiger charge is -2.33. The average molecular weight is 391 g/mol. The number of fused-ring (bicyclic) bond motifs is 1. The fraction of sp³-hybridized carbons (Fsp3) is 0.619. The highest BCUT2D eigenvalue weighted by atomic mass is 16.5. The lowest BCUT2D eigenvalue weighted by atomic mass is 9.84. The Balaban J connectivity index is 1.77. The largest absolute Gasteiger partial charge is 0.493 e. The Bertz CT molecular complexity index is 734. The van der Waals surface area contributed by atoms with Crippen molar-refractivity contribution in [3.63, 3.8) is 0 Å². The molecule has 1 aromatic carbocycles. The van der Waals surface area contributed by atoms with E-state index in [9.17, 15) is 14.7 Å². The number of aryl methyl sites for hydroxylation is 1. The maximum absolute atomic E-state index is 13.0. The number of rotatable bonds is 7. The molecule has 1 aliphatic heterocycles. The molecule has 7 heteroatoms. The van der Waals surface area contributed by atoms with E-state index < -0.39 is 12.0 Å². The number of carboxylic acids is 1. The number of nitrogens with zero attached hydrogens (tertiary/aromatic N) is 1. The van der Waals surface area contributed by atoms with Crippen LogP contribution in [-0.2, 0) is 16.0 Å². The molecule has 0 spiro atoms. The second-order valence-electron chi connectivity index (χ2n) is 7.50. The number of aliphatic carboxylic acids is 1. The number of hydrogen-bond donors (Lipinski definition) is 1. The van der Waals surface area contributed by atoms with Crippen molar-refractivity contribution in [1.82, 2.24) is 4.90 Å². The summed E-state index contributed by atoms with van der Waals surface area (Å²) in [5, 5.41) is 9.63. The minimum Gasteiger partial charge on any atom is -0.493 e. The molecule has 1 heterocycles. The van der Waals surface area contributed by atoms with Crippen molar-refractivity contribution < 1.29 is 28.9 Å². The fourth-order valence-corrected chi connectivity index (χ4v) is 4.77. The zero-order chi connectivity index (χ0) is 20.3. The maximum Gasteiger partial charge on any atom is 0.326 e. The highest BCUT2D eigenvalue weighted by molar-refractivity contribution is 5.85. The molecule has 3 rings (SSSR count).